The first-order valence-corrected chi connectivity index (χ1v) is 12.3. The van der Waals surface area contributed by atoms with E-state index in [-0.39, 0.29) is 53.5 Å². The minimum absolute atomic E-state index is 0.0161. The van der Waals surface area contributed by atoms with Gasteiger partial charge in [0, 0.05) is 18.7 Å². The molecule has 2 atom stereocenters. The number of nitrogens with zero attached hydrogens (tertiary/aromatic N) is 4. The molecule has 11 heteroatoms. The number of hydrogen-bond donors (Lipinski definition) is 3. The van der Waals surface area contributed by atoms with Gasteiger partial charge in [-0.05, 0) is 44.1 Å². The number of anilines is 1. The van der Waals surface area contributed by atoms with E-state index >= 15 is 0 Å². The molecule has 2 aromatic rings. The molecule has 2 aromatic heterocycles. The SMILES string of the molecule is CC(C)Cn1c(=O)c(C(=O)NC2CC2)c(O)n2nc(N)c(/C=C/C(=O)N3C4CCCC3COC4)c12. The molecule has 0 radical (unpaired) electrons. The molecule has 1 saturated carbocycles. The van der Waals surface area contributed by atoms with Crippen LogP contribution >= 0.6 is 0 Å². The molecular formula is C24H32N6O5. The lowest BCUT2D eigenvalue weighted by atomic mass is 9.94. The summed E-state index contributed by atoms with van der Waals surface area (Å²) < 4.78 is 8.16. The summed E-state index contributed by atoms with van der Waals surface area (Å²) >= 11 is 0. The molecule has 2 saturated heterocycles. The molecule has 1 aliphatic carbocycles. The number of carbonyl (C=O) groups is 2. The van der Waals surface area contributed by atoms with Gasteiger partial charge in [0.05, 0.1) is 30.9 Å². The average Bonchev–Trinajstić information content (AvgIpc) is 3.55. The second-order valence-corrected chi connectivity index (χ2v) is 10.1. The highest BCUT2D eigenvalue weighted by molar-refractivity contribution is 5.97. The van der Waals surface area contributed by atoms with Crippen molar-refractivity contribution in [2.75, 3.05) is 18.9 Å². The molecule has 0 spiro atoms. The molecule has 0 aromatic carbocycles. The first-order valence-electron chi connectivity index (χ1n) is 12.3. The number of fused-ring (bicyclic) bond motifs is 3. The van der Waals surface area contributed by atoms with E-state index < -0.39 is 17.3 Å². The first kappa shape index (κ1) is 23.4. The van der Waals surface area contributed by atoms with Crippen LogP contribution in [0.2, 0.25) is 0 Å². The van der Waals surface area contributed by atoms with Gasteiger partial charge in [0.15, 0.2) is 17.0 Å². The highest BCUT2D eigenvalue weighted by Gasteiger charge is 2.37. The minimum atomic E-state index is -0.630. The predicted octanol–water partition coefficient (Wildman–Crippen LogP) is 1.13. The van der Waals surface area contributed by atoms with Crippen LogP contribution in [0, 0.1) is 5.92 Å². The third-order valence-corrected chi connectivity index (χ3v) is 6.88. The highest BCUT2D eigenvalue weighted by atomic mass is 16.5. The Bertz CT molecular complexity index is 1240. The summed E-state index contributed by atoms with van der Waals surface area (Å²) in [5.74, 6) is -1.24. The summed E-state index contributed by atoms with van der Waals surface area (Å²) in [6.45, 7) is 5.22. The van der Waals surface area contributed by atoms with Crippen LogP contribution in [0.3, 0.4) is 0 Å². The Labute approximate surface area is 202 Å². The largest absolute Gasteiger partial charge is 0.492 e. The van der Waals surface area contributed by atoms with Gasteiger partial charge in [0.1, 0.15) is 0 Å². The minimum Gasteiger partial charge on any atom is -0.492 e. The maximum absolute atomic E-state index is 13.4. The summed E-state index contributed by atoms with van der Waals surface area (Å²) in [7, 11) is 0. The summed E-state index contributed by atoms with van der Waals surface area (Å²) in [5.41, 5.74) is 5.80. The fourth-order valence-electron chi connectivity index (χ4n) is 5.09. The highest BCUT2D eigenvalue weighted by Crippen LogP contribution is 2.29. The molecule has 4 heterocycles. The van der Waals surface area contributed by atoms with Crippen molar-refractivity contribution in [3.8, 4) is 5.88 Å². The summed E-state index contributed by atoms with van der Waals surface area (Å²) in [5, 5.41) is 17.8. The molecule has 5 rings (SSSR count). The number of ether oxygens (including phenoxy) is 1. The van der Waals surface area contributed by atoms with Gasteiger partial charge >= 0.3 is 0 Å². The Balaban J connectivity index is 1.57. The number of morpholine rings is 1. The van der Waals surface area contributed by atoms with Crippen LogP contribution in [0.4, 0.5) is 5.82 Å². The fraction of sp³-hybridized carbons (Fsp3) is 0.583. The number of nitrogens with two attached hydrogens (primary N) is 1. The number of aromatic nitrogens is 3. The van der Waals surface area contributed by atoms with E-state index in [0.717, 1.165) is 36.6 Å². The van der Waals surface area contributed by atoms with Crippen molar-refractivity contribution in [1.82, 2.24) is 24.4 Å². The Morgan fingerprint density at radius 3 is 2.54 bits per heavy atom. The Morgan fingerprint density at radius 2 is 1.91 bits per heavy atom. The van der Waals surface area contributed by atoms with Crippen molar-refractivity contribution >= 4 is 29.4 Å². The third kappa shape index (κ3) is 4.29. The van der Waals surface area contributed by atoms with Gasteiger partial charge in [-0.2, -0.15) is 4.52 Å². The van der Waals surface area contributed by atoms with Crippen LogP contribution in [-0.4, -0.2) is 67.3 Å². The monoisotopic (exact) mass is 484 g/mol. The molecule has 188 valence electrons. The number of nitrogens with one attached hydrogen (secondary N) is 1. The smallest absolute Gasteiger partial charge is 0.270 e. The molecule has 2 unspecified atom stereocenters. The number of nitrogen functional groups attached to an aromatic ring is 1. The standard InChI is InChI=1S/C24H32N6O5/c1-13(2)10-28-22-17(8-9-18(31)29-15-4-3-5-16(29)12-35-11-15)20(25)27-30(22)24(34)19(23(28)33)21(32)26-14-6-7-14/h8-9,13-16,34H,3-7,10-12H2,1-2H3,(H2,25,27)(H,26,32)/b9-8+. The van der Waals surface area contributed by atoms with Crippen molar-refractivity contribution < 1.29 is 19.4 Å². The van der Waals surface area contributed by atoms with E-state index in [2.05, 4.69) is 10.4 Å². The predicted molar refractivity (Wildman–Crippen MR) is 129 cm³/mol. The zero-order valence-corrected chi connectivity index (χ0v) is 20.1. The van der Waals surface area contributed by atoms with Gasteiger partial charge in [0.2, 0.25) is 11.8 Å². The van der Waals surface area contributed by atoms with E-state index in [4.69, 9.17) is 10.5 Å². The van der Waals surface area contributed by atoms with E-state index in [1.165, 1.54) is 10.6 Å². The van der Waals surface area contributed by atoms with Crippen LogP contribution in [-0.2, 0) is 16.1 Å². The van der Waals surface area contributed by atoms with Gasteiger partial charge in [-0.15, -0.1) is 5.10 Å². The van der Waals surface area contributed by atoms with Crippen molar-refractivity contribution in [1.29, 1.82) is 0 Å². The third-order valence-electron chi connectivity index (χ3n) is 6.88. The lowest BCUT2D eigenvalue weighted by Crippen LogP contribution is -2.56. The van der Waals surface area contributed by atoms with E-state index in [0.29, 0.717) is 18.8 Å². The Hall–Kier alpha value is -3.34. The molecule has 2 amide bonds. The molecule has 35 heavy (non-hydrogen) atoms. The van der Waals surface area contributed by atoms with Crippen LogP contribution in [0.5, 0.6) is 5.88 Å². The zero-order valence-electron chi connectivity index (χ0n) is 20.1. The maximum Gasteiger partial charge on any atom is 0.270 e. The van der Waals surface area contributed by atoms with Crippen molar-refractivity contribution in [2.45, 2.75) is 70.6 Å². The average molecular weight is 485 g/mol. The fourth-order valence-corrected chi connectivity index (χ4v) is 5.09. The zero-order chi connectivity index (χ0) is 24.9. The van der Waals surface area contributed by atoms with Gasteiger partial charge in [-0.25, -0.2) is 0 Å². The number of amides is 2. The summed E-state index contributed by atoms with van der Waals surface area (Å²) in [4.78, 5) is 41.2. The van der Waals surface area contributed by atoms with Crippen LogP contribution < -0.4 is 16.6 Å². The summed E-state index contributed by atoms with van der Waals surface area (Å²) in [6.07, 6.45) is 7.56. The topological polar surface area (TPSA) is 144 Å². The normalized spacial score (nSPS) is 22.3. The quantitative estimate of drug-likeness (QED) is 0.521. The molecule has 3 fully saturated rings. The summed E-state index contributed by atoms with van der Waals surface area (Å²) in [6, 6.07) is 0.121. The molecule has 2 aliphatic heterocycles. The van der Waals surface area contributed by atoms with E-state index in [1.54, 1.807) is 6.08 Å². The van der Waals surface area contributed by atoms with E-state index in [9.17, 15) is 19.5 Å². The van der Waals surface area contributed by atoms with Crippen LogP contribution in [0.15, 0.2) is 10.9 Å². The van der Waals surface area contributed by atoms with Gasteiger partial charge < -0.3 is 25.8 Å². The molecule has 3 aliphatic rings. The van der Waals surface area contributed by atoms with Gasteiger partial charge in [-0.1, -0.05) is 13.8 Å². The number of hydrogen-bond acceptors (Lipinski definition) is 7. The molecule has 2 bridgehead atoms. The maximum atomic E-state index is 13.4. The van der Waals surface area contributed by atoms with Crippen LogP contribution in [0.25, 0.3) is 11.7 Å². The van der Waals surface area contributed by atoms with Crippen molar-refractivity contribution in [2.24, 2.45) is 5.92 Å². The first-order chi connectivity index (χ1) is 16.8. The molecular weight excluding hydrogens is 452 g/mol. The number of carbonyl (C=O) groups excluding carboxylic acids is 2. The van der Waals surface area contributed by atoms with Crippen LogP contribution in [0.1, 0.15) is 61.9 Å². The van der Waals surface area contributed by atoms with Crippen molar-refractivity contribution in [3.63, 3.8) is 0 Å². The lowest BCUT2D eigenvalue weighted by Gasteiger charge is -2.45. The number of rotatable bonds is 6. The second kappa shape index (κ2) is 9.03. The molecule has 4 N–H and O–H groups in total. The Morgan fingerprint density at radius 1 is 1.23 bits per heavy atom. The lowest BCUT2D eigenvalue weighted by molar-refractivity contribution is -0.145. The number of piperidine rings is 1. The molecule has 11 nitrogen and oxygen atoms in total. The van der Waals surface area contributed by atoms with E-state index in [1.807, 2.05) is 18.7 Å². The Kier molecular flexibility index (Phi) is 6.04. The second-order valence-electron chi connectivity index (χ2n) is 10.1. The van der Waals surface area contributed by atoms with Gasteiger partial charge in [0.25, 0.3) is 11.5 Å². The van der Waals surface area contributed by atoms with Gasteiger partial charge in [-0.3, -0.25) is 19.0 Å². The number of aromatic hydroxyl groups is 1. The van der Waals surface area contributed by atoms with Crippen molar-refractivity contribution in [3.05, 3.63) is 27.6 Å².